The van der Waals surface area contributed by atoms with Gasteiger partial charge in [-0.25, -0.2) is 0 Å². The topological polar surface area (TPSA) is 36.4 Å². The second kappa shape index (κ2) is 8.11. The van der Waals surface area contributed by atoms with Gasteiger partial charge in [-0.3, -0.25) is 14.7 Å². The molecule has 4 rings (SSSR count). The van der Waals surface area contributed by atoms with Gasteiger partial charge in [-0.15, -0.1) is 11.3 Å². The Morgan fingerprint density at radius 3 is 2.96 bits per heavy atom. The first-order chi connectivity index (χ1) is 13.1. The normalized spacial score (nSPS) is 20.5. The quantitative estimate of drug-likeness (QED) is 0.796. The maximum absolute atomic E-state index is 13.0. The zero-order valence-corrected chi connectivity index (χ0v) is 17.2. The van der Waals surface area contributed by atoms with Gasteiger partial charge in [-0.1, -0.05) is 19.9 Å². The number of piperidine rings is 1. The molecule has 2 aliphatic rings. The number of carbonyl (C=O) groups is 1. The molecule has 2 aromatic rings. The molecule has 0 N–H and O–H groups in total. The standard InChI is InChI=1S/C22H29N3OS/c1-3-17-6-7-18(23-11-17)13-24-10-8-19-20(15-27-21(19)14-24)22(26)25-9-4-5-16(2)12-25/h6-7,11,15-16H,3-5,8-10,12-14H2,1-2H3/t16-/m1/s1. The number of likely N-dealkylation sites (tertiary alicyclic amines) is 1. The minimum atomic E-state index is 0.254. The van der Waals surface area contributed by atoms with Crippen LogP contribution in [0.25, 0.3) is 0 Å². The van der Waals surface area contributed by atoms with Crippen molar-refractivity contribution in [1.29, 1.82) is 0 Å². The molecule has 1 amide bonds. The second-order valence-electron chi connectivity index (χ2n) is 8.02. The van der Waals surface area contributed by atoms with Gasteiger partial charge in [0.15, 0.2) is 0 Å². The van der Waals surface area contributed by atoms with Gasteiger partial charge in [0.25, 0.3) is 5.91 Å². The predicted molar refractivity (Wildman–Crippen MR) is 110 cm³/mol. The highest BCUT2D eigenvalue weighted by molar-refractivity contribution is 7.10. The van der Waals surface area contributed by atoms with Crippen LogP contribution in [0.15, 0.2) is 23.7 Å². The summed E-state index contributed by atoms with van der Waals surface area (Å²) < 4.78 is 0. The lowest BCUT2D eigenvalue weighted by Gasteiger charge is -2.32. The molecule has 27 heavy (non-hydrogen) atoms. The zero-order chi connectivity index (χ0) is 18.8. The molecular formula is C22H29N3OS. The molecule has 0 aliphatic carbocycles. The summed E-state index contributed by atoms with van der Waals surface area (Å²) in [5, 5.41) is 2.10. The van der Waals surface area contributed by atoms with Crippen LogP contribution in [-0.4, -0.2) is 40.3 Å². The van der Waals surface area contributed by atoms with Crippen LogP contribution in [0.4, 0.5) is 0 Å². The number of amides is 1. The molecule has 2 aliphatic heterocycles. The number of aromatic nitrogens is 1. The van der Waals surface area contributed by atoms with Crippen LogP contribution in [0, 0.1) is 5.92 Å². The highest BCUT2D eigenvalue weighted by atomic mass is 32.1. The lowest BCUT2D eigenvalue weighted by atomic mass is 9.98. The van der Waals surface area contributed by atoms with Crippen molar-refractivity contribution >= 4 is 17.2 Å². The van der Waals surface area contributed by atoms with Gasteiger partial charge >= 0.3 is 0 Å². The van der Waals surface area contributed by atoms with Gasteiger partial charge in [-0.05, 0) is 48.8 Å². The van der Waals surface area contributed by atoms with E-state index in [1.807, 2.05) is 6.20 Å². The number of nitrogens with zero attached hydrogens (tertiary/aromatic N) is 3. The highest BCUT2D eigenvalue weighted by Crippen LogP contribution is 2.31. The van der Waals surface area contributed by atoms with Crippen molar-refractivity contribution in [3.63, 3.8) is 0 Å². The molecule has 4 heterocycles. The van der Waals surface area contributed by atoms with Crippen molar-refractivity contribution in [3.8, 4) is 0 Å². The molecule has 144 valence electrons. The molecule has 4 nitrogen and oxygen atoms in total. The summed E-state index contributed by atoms with van der Waals surface area (Å²) in [4.78, 5) is 23.5. The van der Waals surface area contributed by atoms with Crippen molar-refractivity contribution in [3.05, 3.63) is 51.0 Å². The van der Waals surface area contributed by atoms with Gasteiger partial charge in [0.1, 0.15) is 0 Å². The van der Waals surface area contributed by atoms with Crippen LogP contribution in [-0.2, 0) is 25.9 Å². The van der Waals surface area contributed by atoms with Gasteiger partial charge in [-0.2, -0.15) is 0 Å². The Hall–Kier alpha value is -1.72. The summed E-state index contributed by atoms with van der Waals surface area (Å²) in [6, 6.07) is 4.33. The maximum Gasteiger partial charge on any atom is 0.254 e. The number of thiophene rings is 1. The third-order valence-corrected chi connectivity index (χ3v) is 6.89. The first kappa shape index (κ1) is 18.6. The molecular weight excluding hydrogens is 354 g/mol. The summed E-state index contributed by atoms with van der Waals surface area (Å²) in [5.41, 5.74) is 4.68. The summed E-state index contributed by atoms with van der Waals surface area (Å²) in [6.45, 7) is 9.05. The van der Waals surface area contributed by atoms with Crippen molar-refractivity contribution in [1.82, 2.24) is 14.8 Å². The smallest absolute Gasteiger partial charge is 0.254 e. The molecule has 0 bridgehead atoms. The SMILES string of the molecule is CCc1ccc(CN2CCc3c(C(=O)N4CCC[C@@H](C)C4)csc3C2)nc1. The number of hydrogen-bond donors (Lipinski definition) is 0. The van der Waals surface area contributed by atoms with Crippen LogP contribution >= 0.6 is 11.3 Å². The Kier molecular flexibility index (Phi) is 5.60. The van der Waals surface area contributed by atoms with Crippen LogP contribution in [0.1, 0.15) is 58.7 Å². The largest absolute Gasteiger partial charge is 0.338 e. The zero-order valence-electron chi connectivity index (χ0n) is 16.4. The molecule has 5 heteroatoms. The highest BCUT2D eigenvalue weighted by Gasteiger charge is 2.28. The Labute approximate surface area is 166 Å². The van der Waals surface area contributed by atoms with E-state index >= 15 is 0 Å². The fourth-order valence-electron chi connectivity index (χ4n) is 4.23. The molecule has 1 atom stereocenters. The van der Waals surface area contributed by atoms with Crippen molar-refractivity contribution in [2.75, 3.05) is 19.6 Å². The van der Waals surface area contributed by atoms with E-state index in [0.29, 0.717) is 5.92 Å². The molecule has 1 fully saturated rings. The Balaban J connectivity index is 1.43. The van der Waals surface area contributed by atoms with Crippen LogP contribution < -0.4 is 0 Å². The third kappa shape index (κ3) is 4.09. The Morgan fingerprint density at radius 2 is 2.22 bits per heavy atom. The minimum absolute atomic E-state index is 0.254. The van der Waals surface area contributed by atoms with E-state index in [2.05, 4.69) is 46.1 Å². The second-order valence-corrected chi connectivity index (χ2v) is 8.99. The van der Waals surface area contributed by atoms with E-state index in [-0.39, 0.29) is 5.91 Å². The molecule has 2 aromatic heterocycles. The molecule has 0 radical (unpaired) electrons. The molecule has 1 saturated heterocycles. The predicted octanol–water partition coefficient (Wildman–Crippen LogP) is 4.14. The summed E-state index contributed by atoms with van der Waals surface area (Å²) in [5.74, 6) is 0.878. The Bertz CT molecular complexity index is 798. The molecule has 0 saturated carbocycles. The number of aryl methyl sites for hydroxylation is 1. The van der Waals surface area contributed by atoms with Crippen LogP contribution in [0.2, 0.25) is 0 Å². The number of carbonyl (C=O) groups excluding carboxylic acids is 1. The fourth-order valence-corrected chi connectivity index (χ4v) is 5.34. The van der Waals surface area contributed by atoms with Crippen LogP contribution in [0.3, 0.4) is 0 Å². The van der Waals surface area contributed by atoms with Gasteiger partial charge in [0, 0.05) is 49.2 Å². The number of pyridine rings is 1. The van der Waals surface area contributed by atoms with Gasteiger partial charge < -0.3 is 4.90 Å². The van der Waals surface area contributed by atoms with E-state index in [0.717, 1.165) is 63.2 Å². The van der Waals surface area contributed by atoms with E-state index < -0.39 is 0 Å². The average Bonchev–Trinajstić information content (AvgIpc) is 3.11. The van der Waals surface area contributed by atoms with E-state index in [4.69, 9.17) is 0 Å². The van der Waals surface area contributed by atoms with Crippen LogP contribution in [0.5, 0.6) is 0 Å². The van der Waals surface area contributed by atoms with E-state index in [1.54, 1.807) is 11.3 Å². The van der Waals surface area contributed by atoms with Gasteiger partial charge in [0.2, 0.25) is 0 Å². The van der Waals surface area contributed by atoms with E-state index in [1.165, 1.54) is 22.4 Å². The number of hydrogen-bond acceptors (Lipinski definition) is 4. The Morgan fingerprint density at radius 1 is 1.33 bits per heavy atom. The maximum atomic E-state index is 13.0. The third-order valence-electron chi connectivity index (χ3n) is 5.88. The molecule has 0 aromatic carbocycles. The summed E-state index contributed by atoms with van der Waals surface area (Å²) in [7, 11) is 0. The van der Waals surface area contributed by atoms with Gasteiger partial charge in [0.05, 0.1) is 11.3 Å². The average molecular weight is 384 g/mol. The van der Waals surface area contributed by atoms with Crippen molar-refractivity contribution in [2.24, 2.45) is 5.92 Å². The fraction of sp³-hybridized carbons (Fsp3) is 0.545. The van der Waals surface area contributed by atoms with E-state index in [9.17, 15) is 4.79 Å². The lowest BCUT2D eigenvalue weighted by Crippen LogP contribution is -2.39. The monoisotopic (exact) mass is 383 g/mol. The summed E-state index contributed by atoms with van der Waals surface area (Å²) >= 11 is 1.76. The first-order valence-electron chi connectivity index (χ1n) is 10.2. The van der Waals surface area contributed by atoms with Crippen molar-refractivity contribution in [2.45, 2.75) is 52.6 Å². The molecule has 0 spiro atoms. The first-order valence-corrected chi connectivity index (χ1v) is 11.1. The molecule has 0 unspecified atom stereocenters. The number of fused-ring (bicyclic) bond motifs is 1. The van der Waals surface area contributed by atoms with Crippen molar-refractivity contribution < 1.29 is 4.79 Å². The lowest BCUT2D eigenvalue weighted by molar-refractivity contribution is 0.0681. The summed E-state index contributed by atoms with van der Waals surface area (Å²) in [6.07, 6.45) is 6.37. The minimum Gasteiger partial charge on any atom is -0.338 e. The number of rotatable bonds is 4.